The van der Waals surface area contributed by atoms with E-state index in [1.807, 2.05) is 36.4 Å². The van der Waals surface area contributed by atoms with Crippen molar-refractivity contribution >= 4 is 16.6 Å². The van der Waals surface area contributed by atoms with Crippen molar-refractivity contribution in [2.45, 2.75) is 32.6 Å². The first kappa shape index (κ1) is 18.2. The van der Waals surface area contributed by atoms with E-state index in [0.29, 0.717) is 16.8 Å². The molecule has 0 spiro atoms. The minimum Gasteiger partial charge on any atom is -0.481 e. The van der Waals surface area contributed by atoms with Crippen LogP contribution in [0.25, 0.3) is 27.7 Å². The molecule has 142 valence electrons. The standard InChI is InChI=1S/C23H23N3O2/c1-15(2)22-25-19-11-7-10-18(16-12-13-24-20(14-16)28-3)21(19)23(27)26(22)17-8-5-4-6-9-17/h5,7-15H,4,6H2,1-3H3. The van der Waals surface area contributed by atoms with Crippen molar-refractivity contribution in [3.63, 3.8) is 0 Å². The second-order valence-corrected chi connectivity index (χ2v) is 7.16. The SMILES string of the molecule is COc1cc(-c2cccc3nc(C(C)C)n(C4=CCCC=C4)c(=O)c23)ccn1. The third-order valence-corrected chi connectivity index (χ3v) is 4.93. The van der Waals surface area contributed by atoms with Crippen molar-refractivity contribution in [3.8, 4) is 17.0 Å². The number of allylic oxidation sites excluding steroid dienone is 4. The van der Waals surface area contributed by atoms with E-state index in [2.05, 4.69) is 31.0 Å². The Morgan fingerprint density at radius 2 is 2.04 bits per heavy atom. The van der Waals surface area contributed by atoms with Crippen molar-refractivity contribution in [2.75, 3.05) is 7.11 Å². The summed E-state index contributed by atoms with van der Waals surface area (Å²) in [7, 11) is 1.58. The highest BCUT2D eigenvalue weighted by molar-refractivity contribution is 5.94. The fourth-order valence-corrected chi connectivity index (χ4v) is 3.58. The van der Waals surface area contributed by atoms with Crippen LogP contribution < -0.4 is 10.3 Å². The Bertz CT molecular complexity index is 1160. The van der Waals surface area contributed by atoms with E-state index in [-0.39, 0.29) is 11.5 Å². The Kier molecular flexibility index (Phi) is 4.82. The van der Waals surface area contributed by atoms with Crippen LogP contribution in [-0.4, -0.2) is 21.6 Å². The summed E-state index contributed by atoms with van der Waals surface area (Å²) in [6.45, 7) is 4.13. The zero-order valence-corrected chi connectivity index (χ0v) is 16.3. The van der Waals surface area contributed by atoms with Gasteiger partial charge >= 0.3 is 0 Å². The average molecular weight is 373 g/mol. The topological polar surface area (TPSA) is 57.0 Å². The molecule has 3 aromatic rings. The van der Waals surface area contributed by atoms with Crippen molar-refractivity contribution < 1.29 is 4.74 Å². The first-order valence-corrected chi connectivity index (χ1v) is 9.53. The number of hydrogen-bond donors (Lipinski definition) is 0. The molecular formula is C23H23N3O2. The van der Waals surface area contributed by atoms with E-state index in [0.717, 1.165) is 35.5 Å². The van der Waals surface area contributed by atoms with Crippen LogP contribution in [0.1, 0.15) is 38.4 Å². The highest BCUT2D eigenvalue weighted by Crippen LogP contribution is 2.29. The predicted molar refractivity (Wildman–Crippen MR) is 113 cm³/mol. The molecule has 2 aromatic heterocycles. The maximum absolute atomic E-state index is 13.7. The van der Waals surface area contributed by atoms with Crippen LogP contribution in [-0.2, 0) is 0 Å². The molecule has 28 heavy (non-hydrogen) atoms. The normalized spacial score (nSPS) is 13.8. The monoisotopic (exact) mass is 373 g/mol. The fraction of sp³-hybridized carbons (Fsp3) is 0.261. The molecule has 0 saturated carbocycles. The fourth-order valence-electron chi connectivity index (χ4n) is 3.58. The number of fused-ring (bicyclic) bond motifs is 1. The largest absolute Gasteiger partial charge is 0.481 e. The van der Waals surface area contributed by atoms with Crippen LogP contribution in [0.4, 0.5) is 0 Å². The Labute approximate surface area is 164 Å². The van der Waals surface area contributed by atoms with Crippen molar-refractivity contribution in [1.82, 2.24) is 14.5 Å². The van der Waals surface area contributed by atoms with E-state index in [9.17, 15) is 4.79 Å². The molecule has 0 aliphatic heterocycles. The van der Waals surface area contributed by atoms with Crippen LogP contribution in [0.5, 0.6) is 5.88 Å². The highest BCUT2D eigenvalue weighted by Gasteiger charge is 2.19. The van der Waals surface area contributed by atoms with Crippen LogP contribution in [0.3, 0.4) is 0 Å². The van der Waals surface area contributed by atoms with Gasteiger partial charge in [-0.25, -0.2) is 9.97 Å². The van der Waals surface area contributed by atoms with Gasteiger partial charge < -0.3 is 4.74 Å². The molecule has 0 fully saturated rings. The molecule has 0 amide bonds. The molecule has 0 saturated heterocycles. The third-order valence-electron chi connectivity index (χ3n) is 4.93. The molecule has 2 heterocycles. The molecule has 0 atom stereocenters. The summed E-state index contributed by atoms with van der Waals surface area (Å²) >= 11 is 0. The van der Waals surface area contributed by atoms with Crippen molar-refractivity contribution in [1.29, 1.82) is 0 Å². The van der Waals surface area contributed by atoms with Gasteiger partial charge in [-0.2, -0.15) is 0 Å². The predicted octanol–water partition coefficient (Wildman–Crippen LogP) is 4.78. The number of pyridine rings is 1. The molecule has 1 aliphatic carbocycles. The Morgan fingerprint density at radius 3 is 2.75 bits per heavy atom. The lowest BCUT2D eigenvalue weighted by molar-refractivity contribution is 0.398. The number of ether oxygens (including phenoxy) is 1. The maximum atomic E-state index is 13.7. The summed E-state index contributed by atoms with van der Waals surface area (Å²) in [6, 6.07) is 9.52. The molecule has 5 nitrogen and oxygen atoms in total. The molecule has 1 aliphatic rings. The second-order valence-electron chi connectivity index (χ2n) is 7.16. The Morgan fingerprint density at radius 1 is 1.18 bits per heavy atom. The molecular weight excluding hydrogens is 350 g/mol. The molecule has 4 rings (SSSR count). The zero-order chi connectivity index (χ0) is 19.7. The van der Waals surface area contributed by atoms with E-state index < -0.39 is 0 Å². The van der Waals surface area contributed by atoms with Crippen LogP contribution >= 0.6 is 0 Å². The zero-order valence-electron chi connectivity index (χ0n) is 16.3. The summed E-state index contributed by atoms with van der Waals surface area (Å²) < 4.78 is 7.03. The van der Waals surface area contributed by atoms with Crippen molar-refractivity contribution in [2.24, 2.45) is 0 Å². The van der Waals surface area contributed by atoms with Gasteiger partial charge in [-0.3, -0.25) is 9.36 Å². The number of methoxy groups -OCH3 is 1. The molecule has 0 unspecified atom stereocenters. The third kappa shape index (κ3) is 3.13. The average Bonchev–Trinajstić information content (AvgIpc) is 2.73. The van der Waals surface area contributed by atoms with Gasteiger partial charge in [-0.1, -0.05) is 38.1 Å². The summed E-state index contributed by atoms with van der Waals surface area (Å²) in [5, 5.41) is 0.611. The smallest absolute Gasteiger partial charge is 0.266 e. The van der Waals surface area contributed by atoms with Gasteiger partial charge in [0.1, 0.15) is 5.82 Å². The number of rotatable bonds is 4. The summed E-state index contributed by atoms with van der Waals surface area (Å²) in [6.07, 6.45) is 9.85. The first-order valence-electron chi connectivity index (χ1n) is 9.53. The van der Waals surface area contributed by atoms with E-state index >= 15 is 0 Å². The minimum absolute atomic E-state index is 0.0436. The highest BCUT2D eigenvalue weighted by atomic mass is 16.5. The molecule has 0 bridgehead atoms. The van der Waals surface area contributed by atoms with Crippen LogP contribution in [0.2, 0.25) is 0 Å². The lowest BCUT2D eigenvalue weighted by Gasteiger charge is -2.19. The minimum atomic E-state index is -0.0436. The van der Waals surface area contributed by atoms with Gasteiger partial charge in [-0.05, 0) is 42.2 Å². The van der Waals surface area contributed by atoms with Gasteiger partial charge in [0.05, 0.1) is 18.0 Å². The van der Waals surface area contributed by atoms with Gasteiger partial charge in [-0.15, -0.1) is 0 Å². The van der Waals surface area contributed by atoms with Gasteiger partial charge in [0.2, 0.25) is 5.88 Å². The second kappa shape index (κ2) is 7.43. The Hall–Kier alpha value is -3.21. The molecule has 5 heteroatoms. The number of aromatic nitrogens is 3. The van der Waals surface area contributed by atoms with Gasteiger partial charge in [0, 0.05) is 23.9 Å². The first-order chi connectivity index (χ1) is 13.6. The lowest BCUT2D eigenvalue weighted by atomic mass is 10.0. The van der Waals surface area contributed by atoms with Crippen LogP contribution in [0.15, 0.2) is 59.6 Å². The lowest BCUT2D eigenvalue weighted by Crippen LogP contribution is -2.26. The van der Waals surface area contributed by atoms with Gasteiger partial charge in [0.25, 0.3) is 5.56 Å². The summed E-state index contributed by atoms with van der Waals surface area (Å²) in [4.78, 5) is 22.8. The molecule has 1 aromatic carbocycles. The number of hydrogen-bond acceptors (Lipinski definition) is 4. The van der Waals surface area contributed by atoms with E-state index in [4.69, 9.17) is 9.72 Å². The summed E-state index contributed by atoms with van der Waals surface area (Å²) in [5.41, 5.74) is 3.28. The van der Waals surface area contributed by atoms with Crippen molar-refractivity contribution in [3.05, 3.63) is 70.9 Å². The molecule has 0 N–H and O–H groups in total. The van der Waals surface area contributed by atoms with Gasteiger partial charge in [0.15, 0.2) is 0 Å². The van der Waals surface area contributed by atoms with E-state index in [1.165, 1.54) is 0 Å². The number of nitrogens with zero attached hydrogens (tertiary/aromatic N) is 3. The van der Waals surface area contributed by atoms with E-state index in [1.54, 1.807) is 17.9 Å². The maximum Gasteiger partial charge on any atom is 0.266 e. The quantitative estimate of drug-likeness (QED) is 0.660. The Balaban J connectivity index is 2.06. The molecule has 0 radical (unpaired) electrons. The summed E-state index contributed by atoms with van der Waals surface area (Å²) in [5.74, 6) is 1.41. The van der Waals surface area contributed by atoms with Crippen LogP contribution in [0, 0.1) is 0 Å². The number of benzene rings is 1.